The summed E-state index contributed by atoms with van der Waals surface area (Å²) in [5.74, 6) is -1.51. The fraction of sp³-hybridized carbons (Fsp3) is 0.385. The van der Waals surface area contributed by atoms with E-state index in [0.717, 1.165) is 0 Å². The van der Waals surface area contributed by atoms with Crippen molar-refractivity contribution in [2.24, 2.45) is 0 Å². The molecular weight excluding hydrogens is 314 g/mol. The number of hydrogen-bond donors (Lipinski definition) is 0. The average molecular weight is 326 g/mol. The second-order valence-electron chi connectivity index (χ2n) is 4.48. The SMILES string of the molecule is O=C1c2ccccc2C(=O)N1CC1(CBr)OCCO1. The molecule has 2 aliphatic heterocycles. The first-order valence-electron chi connectivity index (χ1n) is 5.96. The Hall–Kier alpha value is -1.24. The van der Waals surface area contributed by atoms with Crippen LogP contribution in [0, 0.1) is 0 Å². The van der Waals surface area contributed by atoms with Gasteiger partial charge in [0, 0.05) is 0 Å². The average Bonchev–Trinajstić information content (AvgIpc) is 3.00. The second-order valence-corrected chi connectivity index (χ2v) is 5.04. The Balaban J connectivity index is 1.88. The van der Waals surface area contributed by atoms with Gasteiger partial charge in [0.05, 0.1) is 36.2 Å². The van der Waals surface area contributed by atoms with Gasteiger partial charge in [-0.3, -0.25) is 14.5 Å². The summed E-state index contributed by atoms with van der Waals surface area (Å²) in [7, 11) is 0. The Morgan fingerprint density at radius 1 is 1.11 bits per heavy atom. The summed E-state index contributed by atoms with van der Waals surface area (Å²) < 4.78 is 11.1. The molecule has 0 bridgehead atoms. The molecule has 2 heterocycles. The summed E-state index contributed by atoms with van der Waals surface area (Å²) in [5, 5.41) is 0.410. The Labute approximate surface area is 118 Å². The minimum atomic E-state index is -0.923. The van der Waals surface area contributed by atoms with Crippen LogP contribution in [0.3, 0.4) is 0 Å². The number of fused-ring (bicyclic) bond motifs is 1. The van der Waals surface area contributed by atoms with Gasteiger partial charge >= 0.3 is 0 Å². The molecule has 0 unspecified atom stereocenters. The van der Waals surface area contributed by atoms with Crippen molar-refractivity contribution in [1.82, 2.24) is 4.90 Å². The molecule has 0 spiro atoms. The van der Waals surface area contributed by atoms with Crippen LogP contribution < -0.4 is 0 Å². The van der Waals surface area contributed by atoms with Crippen LogP contribution >= 0.6 is 15.9 Å². The highest BCUT2D eigenvalue weighted by molar-refractivity contribution is 9.09. The third-order valence-corrected chi connectivity index (χ3v) is 4.15. The largest absolute Gasteiger partial charge is 0.345 e. The van der Waals surface area contributed by atoms with Crippen molar-refractivity contribution < 1.29 is 19.1 Å². The quantitative estimate of drug-likeness (QED) is 0.623. The molecule has 1 fully saturated rings. The number of carbonyl (C=O) groups excluding carboxylic acids is 2. The van der Waals surface area contributed by atoms with Crippen LogP contribution in [0.25, 0.3) is 0 Å². The van der Waals surface area contributed by atoms with E-state index < -0.39 is 5.79 Å². The molecule has 1 aromatic rings. The fourth-order valence-electron chi connectivity index (χ4n) is 2.33. The zero-order chi connectivity index (χ0) is 13.5. The van der Waals surface area contributed by atoms with E-state index in [9.17, 15) is 9.59 Å². The van der Waals surface area contributed by atoms with Crippen LogP contribution in [-0.2, 0) is 9.47 Å². The number of carbonyl (C=O) groups is 2. The minimum Gasteiger partial charge on any atom is -0.345 e. The number of nitrogens with zero attached hydrogens (tertiary/aromatic N) is 1. The topological polar surface area (TPSA) is 55.8 Å². The maximum atomic E-state index is 12.2. The summed E-state index contributed by atoms with van der Waals surface area (Å²) in [4.78, 5) is 25.7. The number of amides is 2. The third-order valence-electron chi connectivity index (χ3n) is 3.29. The lowest BCUT2D eigenvalue weighted by atomic mass is 10.1. The zero-order valence-corrected chi connectivity index (χ0v) is 11.7. The van der Waals surface area contributed by atoms with Gasteiger partial charge in [-0.25, -0.2) is 0 Å². The van der Waals surface area contributed by atoms with E-state index in [4.69, 9.17) is 9.47 Å². The van der Waals surface area contributed by atoms with E-state index >= 15 is 0 Å². The minimum absolute atomic E-state index is 0.102. The van der Waals surface area contributed by atoms with Crippen molar-refractivity contribution in [2.45, 2.75) is 5.79 Å². The molecule has 0 aliphatic carbocycles. The maximum absolute atomic E-state index is 12.2. The van der Waals surface area contributed by atoms with Gasteiger partial charge < -0.3 is 9.47 Å². The zero-order valence-electron chi connectivity index (χ0n) is 10.1. The first-order chi connectivity index (χ1) is 9.17. The van der Waals surface area contributed by atoms with Gasteiger partial charge in [0.15, 0.2) is 5.79 Å². The van der Waals surface area contributed by atoms with Gasteiger partial charge in [0.25, 0.3) is 11.8 Å². The van der Waals surface area contributed by atoms with Crippen LogP contribution in [0.15, 0.2) is 24.3 Å². The number of ether oxygens (including phenoxy) is 2. The molecule has 19 heavy (non-hydrogen) atoms. The van der Waals surface area contributed by atoms with Crippen molar-refractivity contribution >= 4 is 27.7 Å². The summed E-state index contributed by atoms with van der Waals surface area (Å²) in [6, 6.07) is 6.81. The fourth-order valence-corrected chi connectivity index (χ4v) is 2.83. The lowest BCUT2D eigenvalue weighted by Gasteiger charge is -2.28. The lowest BCUT2D eigenvalue weighted by molar-refractivity contribution is -0.142. The summed E-state index contributed by atoms with van der Waals surface area (Å²) in [5.41, 5.74) is 0.880. The molecule has 100 valence electrons. The van der Waals surface area contributed by atoms with Gasteiger partial charge in [0.2, 0.25) is 0 Å². The third kappa shape index (κ3) is 2.00. The highest BCUT2D eigenvalue weighted by atomic mass is 79.9. The first kappa shape index (κ1) is 12.8. The van der Waals surface area contributed by atoms with Gasteiger partial charge in [-0.15, -0.1) is 0 Å². The molecule has 0 N–H and O–H groups in total. The predicted octanol–water partition coefficient (Wildman–Crippen LogP) is 1.42. The number of benzene rings is 1. The molecule has 6 heteroatoms. The van der Waals surface area contributed by atoms with E-state index in [-0.39, 0.29) is 18.4 Å². The first-order valence-corrected chi connectivity index (χ1v) is 7.08. The summed E-state index contributed by atoms with van der Waals surface area (Å²) in [6.45, 7) is 1.04. The number of alkyl halides is 1. The molecule has 0 aromatic heterocycles. The molecule has 5 nitrogen and oxygen atoms in total. The van der Waals surface area contributed by atoms with E-state index in [1.165, 1.54) is 4.90 Å². The highest BCUT2D eigenvalue weighted by Crippen LogP contribution is 2.28. The van der Waals surface area contributed by atoms with Gasteiger partial charge in [-0.1, -0.05) is 28.1 Å². The molecule has 0 atom stereocenters. The number of rotatable bonds is 3. The van der Waals surface area contributed by atoms with Gasteiger partial charge in [0.1, 0.15) is 0 Å². The van der Waals surface area contributed by atoms with Gasteiger partial charge in [-0.2, -0.15) is 0 Å². The second kappa shape index (κ2) is 4.70. The van der Waals surface area contributed by atoms with Gasteiger partial charge in [-0.05, 0) is 12.1 Å². The monoisotopic (exact) mass is 325 g/mol. The summed E-state index contributed by atoms with van der Waals surface area (Å²) >= 11 is 3.32. The van der Waals surface area contributed by atoms with Crippen LogP contribution in [0.5, 0.6) is 0 Å². The Morgan fingerprint density at radius 3 is 2.11 bits per heavy atom. The lowest BCUT2D eigenvalue weighted by Crippen LogP contribution is -2.47. The van der Waals surface area contributed by atoms with Crippen molar-refractivity contribution in [3.63, 3.8) is 0 Å². The molecular formula is C13H12BrNO4. The van der Waals surface area contributed by atoms with E-state index in [1.54, 1.807) is 24.3 Å². The standard InChI is InChI=1S/C13H12BrNO4/c14-7-13(18-5-6-19-13)8-15-11(16)9-3-1-2-4-10(9)12(15)17/h1-4H,5-8H2. The molecule has 3 rings (SSSR count). The van der Waals surface area contributed by atoms with Crippen LogP contribution in [0.1, 0.15) is 20.7 Å². The van der Waals surface area contributed by atoms with Crippen molar-refractivity contribution in [3.8, 4) is 0 Å². The van der Waals surface area contributed by atoms with Crippen LogP contribution in [0.2, 0.25) is 0 Å². The Kier molecular flexibility index (Phi) is 3.16. The van der Waals surface area contributed by atoms with Crippen molar-refractivity contribution in [2.75, 3.05) is 25.1 Å². The van der Waals surface area contributed by atoms with Crippen molar-refractivity contribution in [3.05, 3.63) is 35.4 Å². The maximum Gasteiger partial charge on any atom is 0.261 e. The van der Waals surface area contributed by atoms with E-state index in [2.05, 4.69) is 15.9 Å². The molecule has 0 radical (unpaired) electrons. The Morgan fingerprint density at radius 2 is 1.63 bits per heavy atom. The number of hydrogen-bond acceptors (Lipinski definition) is 4. The van der Waals surface area contributed by atoms with E-state index in [1.807, 2.05) is 0 Å². The molecule has 2 amide bonds. The molecule has 2 aliphatic rings. The van der Waals surface area contributed by atoms with Crippen LogP contribution in [0.4, 0.5) is 0 Å². The summed E-state index contributed by atoms with van der Waals surface area (Å²) in [6.07, 6.45) is 0. The predicted molar refractivity (Wildman–Crippen MR) is 70.2 cm³/mol. The normalized spacial score (nSPS) is 21.0. The molecule has 1 aromatic carbocycles. The van der Waals surface area contributed by atoms with Crippen molar-refractivity contribution in [1.29, 1.82) is 0 Å². The molecule has 0 saturated carbocycles. The highest BCUT2D eigenvalue weighted by Gasteiger charge is 2.44. The smallest absolute Gasteiger partial charge is 0.261 e. The van der Waals surface area contributed by atoms with E-state index in [0.29, 0.717) is 29.7 Å². The Bertz CT molecular complexity index is 504. The molecule has 1 saturated heterocycles. The van der Waals surface area contributed by atoms with Crippen LogP contribution in [-0.4, -0.2) is 47.6 Å². The number of halogens is 1. The number of imide groups is 1.